The fraction of sp³-hybridized carbons (Fsp3) is 0.486. The van der Waals surface area contributed by atoms with Crippen LogP contribution in [0.3, 0.4) is 0 Å². The van der Waals surface area contributed by atoms with Gasteiger partial charge in [-0.15, -0.1) is 6.42 Å². The van der Waals surface area contributed by atoms with Gasteiger partial charge in [0.05, 0.1) is 34.3 Å². The molecule has 0 aliphatic carbocycles. The number of terminal acetylenes is 1. The smallest absolute Gasteiger partial charge is 0.319 e. The van der Waals surface area contributed by atoms with Crippen LogP contribution in [-0.2, 0) is 11.2 Å². The Bertz CT molecular complexity index is 1810. The average Bonchev–Trinajstić information content (AvgIpc) is 3.61. The normalized spacial score (nSPS) is 25.6. The van der Waals surface area contributed by atoms with Crippen molar-refractivity contribution in [1.82, 2.24) is 24.8 Å². The summed E-state index contributed by atoms with van der Waals surface area (Å²) in [6.07, 6.45) is 9.46. The molecule has 48 heavy (non-hydrogen) atoms. The second-order valence-corrected chi connectivity index (χ2v) is 13.7. The molecule has 1 amide bonds. The van der Waals surface area contributed by atoms with Crippen molar-refractivity contribution in [2.24, 2.45) is 0 Å². The summed E-state index contributed by atoms with van der Waals surface area (Å²) in [6.45, 7) is 8.30. The van der Waals surface area contributed by atoms with Gasteiger partial charge >= 0.3 is 6.01 Å². The highest BCUT2D eigenvalue weighted by Crippen LogP contribution is 2.42. The van der Waals surface area contributed by atoms with Crippen molar-refractivity contribution in [1.29, 1.82) is 0 Å². The third-order valence-corrected chi connectivity index (χ3v) is 9.82. The first kappa shape index (κ1) is 33.5. The van der Waals surface area contributed by atoms with Gasteiger partial charge in [-0.2, -0.15) is 9.97 Å². The van der Waals surface area contributed by atoms with Crippen molar-refractivity contribution in [2.75, 3.05) is 56.7 Å². The summed E-state index contributed by atoms with van der Waals surface area (Å²) in [6, 6.07) is 2.50. The predicted octanol–water partition coefficient (Wildman–Crippen LogP) is 4.15. The molecule has 0 bridgehead atoms. The third kappa shape index (κ3) is 6.03. The Labute approximate surface area is 278 Å². The zero-order chi connectivity index (χ0) is 34.5. The number of aliphatic hydroxyl groups is 1. The number of aromatic nitrogens is 3. The van der Waals surface area contributed by atoms with Crippen LogP contribution in [-0.4, -0.2) is 106 Å². The Morgan fingerprint density at radius 3 is 2.77 bits per heavy atom. The number of nitrogens with zero attached hydrogens (tertiary/aromatic N) is 7. The summed E-state index contributed by atoms with van der Waals surface area (Å²) in [4.78, 5) is 33.0. The Hall–Kier alpha value is -4.41. The van der Waals surface area contributed by atoms with Gasteiger partial charge in [-0.1, -0.05) is 18.6 Å². The molecule has 6 rings (SSSR count). The lowest BCUT2D eigenvalue weighted by molar-refractivity contribution is -0.126. The Morgan fingerprint density at radius 2 is 2.08 bits per heavy atom. The first-order chi connectivity index (χ1) is 22.7. The van der Waals surface area contributed by atoms with Crippen LogP contribution < -0.4 is 14.5 Å². The molecule has 3 aromatic rings. The van der Waals surface area contributed by atoms with Crippen molar-refractivity contribution < 1.29 is 27.8 Å². The van der Waals surface area contributed by atoms with Crippen molar-refractivity contribution in [3.63, 3.8) is 0 Å². The quantitative estimate of drug-likeness (QED) is 0.282. The van der Waals surface area contributed by atoms with Gasteiger partial charge < -0.3 is 24.5 Å². The Morgan fingerprint density at radius 1 is 1.31 bits per heavy atom. The van der Waals surface area contributed by atoms with Crippen LogP contribution in [0.2, 0.25) is 0 Å². The van der Waals surface area contributed by atoms with Crippen molar-refractivity contribution in [3.8, 4) is 18.4 Å². The van der Waals surface area contributed by atoms with Crippen molar-refractivity contribution >= 4 is 34.1 Å². The second kappa shape index (κ2) is 12.6. The van der Waals surface area contributed by atoms with Gasteiger partial charge in [0.25, 0.3) is 0 Å². The molecule has 4 atom stereocenters. The topological polar surface area (TPSA) is 98.2 Å². The molecule has 0 saturated carbocycles. The highest BCUT2D eigenvalue weighted by molar-refractivity contribution is 5.92. The highest BCUT2D eigenvalue weighted by atomic mass is 19.1. The van der Waals surface area contributed by atoms with Crippen LogP contribution in [0.5, 0.6) is 6.01 Å². The van der Waals surface area contributed by atoms with Gasteiger partial charge in [0.1, 0.15) is 29.9 Å². The second-order valence-electron chi connectivity index (χ2n) is 13.7. The number of likely N-dealkylation sites (tertiary alicyclic amines) is 2. The SMILES string of the molecule is C#Cc1c(F)ccc2c1N(c1ncc3c(N(C)C[C@@H]4CCCN4C(=O)C=C)nc(OC[C@]4(C)C[C@@H](F)CN4C)nc3c1F)C[C@](C)(O)C2. The largest absolute Gasteiger partial charge is 0.461 e. The van der Waals surface area contributed by atoms with E-state index in [-0.39, 0.29) is 78.5 Å². The van der Waals surface area contributed by atoms with E-state index in [9.17, 15) is 18.7 Å². The maximum absolute atomic E-state index is 16.9. The number of benzene rings is 1. The first-order valence-electron chi connectivity index (χ1n) is 16.0. The zero-order valence-corrected chi connectivity index (χ0v) is 27.6. The minimum absolute atomic E-state index is 0.0511. The van der Waals surface area contributed by atoms with Crippen LogP contribution >= 0.6 is 0 Å². The van der Waals surface area contributed by atoms with Crippen LogP contribution in [0.4, 0.5) is 30.5 Å². The molecule has 2 aromatic heterocycles. The molecule has 13 heteroatoms. The molecular weight excluding hydrogens is 623 g/mol. The number of carbonyl (C=O) groups excluding carboxylic acids is 1. The first-order valence-corrected chi connectivity index (χ1v) is 16.0. The molecule has 0 spiro atoms. The maximum atomic E-state index is 16.9. The van der Waals surface area contributed by atoms with E-state index in [4.69, 9.17) is 11.2 Å². The standard InChI is InChI=1S/C35H40F3N7O3/c1-7-24-26(37)12-11-21-14-35(4,47)19-45(30(21)24)32-28(38)29-25(16-39-32)31(42(5)18-23-10-9-13-44(23)27(46)8-2)41-33(40-29)48-20-34(3)15-22(36)17-43(34)6/h1,8,11-12,16,22-23,47H,2,9-10,13-15,17-20H2,3-6H3/t22-,23+,34+,35-/m1/s1. The summed E-state index contributed by atoms with van der Waals surface area (Å²) < 4.78 is 52.2. The number of ether oxygens (including phenoxy) is 1. The number of rotatable bonds is 8. The van der Waals surface area contributed by atoms with Gasteiger partial charge in [0.2, 0.25) is 5.91 Å². The number of carbonyl (C=O) groups is 1. The number of amides is 1. The summed E-state index contributed by atoms with van der Waals surface area (Å²) in [5, 5.41) is 11.4. The molecule has 3 aliphatic heterocycles. The van der Waals surface area contributed by atoms with E-state index < -0.39 is 28.9 Å². The number of β-amino-alcohol motifs (C(OH)–C–C–N with tert-alkyl or cyclic N) is 1. The van der Waals surface area contributed by atoms with E-state index in [2.05, 4.69) is 27.5 Å². The molecule has 5 heterocycles. The highest BCUT2D eigenvalue weighted by Gasteiger charge is 2.41. The van der Waals surface area contributed by atoms with Crippen LogP contribution in [0, 0.1) is 24.0 Å². The van der Waals surface area contributed by atoms with Crippen LogP contribution in [0.15, 0.2) is 31.0 Å². The maximum Gasteiger partial charge on any atom is 0.319 e. The third-order valence-electron chi connectivity index (χ3n) is 9.82. The molecule has 254 valence electrons. The van der Waals surface area contributed by atoms with Gasteiger partial charge in [-0.25, -0.2) is 18.2 Å². The molecule has 1 N–H and O–H groups in total. The molecule has 2 fully saturated rings. The summed E-state index contributed by atoms with van der Waals surface area (Å²) in [7, 11) is 3.60. The van der Waals surface area contributed by atoms with E-state index in [0.717, 1.165) is 12.8 Å². The number of likely N-dealkylation sites (N-methyl/N-ethyl adjacent to an activating group) is 2. The molecule has 0 radical (unpaired) electrons. The lowest BCUT2D eigenvalue weighted by Gasteiger charge is -2.39. The molecule has 2 saturated heterocycles. The molecule has 1 aromatic carbocycles. The van der Waals surface area contributed by atoms with E-state index >= 15 is 4.39 Å². The van der Waals surface area contributed by atoms with Gasteiger partial charge in [0.15, 0.2) is 11.6 Å². The number of alkyl halides is 1. The van der Waals surface area contributed by atoms with Gasteiger partial charge in [-0.05, 0) is 51.4 Å². The fourth-order valence-electron chi connectivity index (χ4n) is 7.26. The Kier molecular flexibility index (Phi) is 8.76. The Balaban J connectivity index is 1.45. The number of fused-ring (bicyclic) bond motifs is 2. The zero-order valence-electron chi connectivity index (χ0n) is 27.6. The van der Waals surface area contributed by atoms with E-state index in [0.29, 0.717) is 24.5 Å². The van der Waals surface area contributed by atoms with Gasteiger partial charge in [-0.3, -0.25) is 9.69 Å². The number of pyridine rings is 1. The number of anilines is 3. The molecule has 10 nitrogen and oxygen atoms in total. The lowest BCUT2D eigenvalue weighted by Crippen LogP contribution is -2.45. The van der Waals surface area contributed by atoms with E-state index in [1.165, 1.54) is 29.3 Å². The summed E-state index contributed by atoms with van der Waals surface area (Å²) >= 11 is 0. The van der Waals surface area contributed by atoms with E-state index in [1.54, 1.807) is 18.9 Å². The summed E-state index contributed by atoms with van der Waals surface area (Å²) in [5.74, 6) is 0.833. The molecule has 3 aliphatic rings. The number of halogens is 3. The van der Waals surface area contributed by atoms with E-state index in [1.807, 2.05) is 23.8 Å². The lowest BCUT2D eigenvalue weighted by atomic mass is 9.88. The van der Waals surface area contributed by atoms with Crippen molar-refractivity contribution in [2.45, 2.75) is 62.9 Å². The fourth-order valence-corrected chi connectivity index (χ4v) is 7.26. The summed E-state index contributed by atoms with van der Waals surface area (Å²) in [5.41, 5.74) is -1.33. The number of hydrogen-bond donors (Lipinski definition) is 1. The predicted molar refractivity (Wildman–Crippen MR) is 177 cm³/mol. The van der Waals surface area contributed by atoms with Crippen molar-refractivity contribution in [3.05, 3.63) is 53.7 Å². The minimum atomic E-state index is -1.31. The monoisotopic (exact) mass is 663 g/mol. The molecular formula is C35H40F3N7O3. The van der Waals surface area contributed by atoms with Crippen LogP contribution in [0.1, 0.15) is 44.2 Å². The van der Waals surface area contributed by atoms with Gasteiger partial charge in [0, 0.05) is 51.8 Å². The number of hydrogen-bond acceptors (Lipinski definition) is 9. The molecule has 0 unspecified atom stereocenters. The van der Waals surface area contributed by atoms with Crippen LogP contribution in [0.25, 0.3) is 10.9 Å². The average molecular weight is 664 g/mol. The minimum Gasteiger partial charge on any atom is -0.461 e.